The number of halogens is 1. The molecular formula is C16H14BrNO2. The molecule has 0 radical (unpaired) electrons. The van der Waals surface area contributed by atoms with Gasteiger partial charge in [0, 0.05) is 21.8 Å². The minimum absolute atomic E-state index is 0.0853. The maximum atomic E-state index is 12.0. The van der Waals surface area contributed by atoms with E-state index in [1.807, 2.05) is 18.2 Å². The smallest absolute Gasteiger partial charge is 0.187 e. The van der Waals surface area contributed by atoms with Crippen LogP contribution >= 0.6 is 15.9 Å². The van der Waals surface area contributed by atoms with Crippen LogP contribution in [0.2, 0.25) is 0 Å². The molecule has 0 heterocycles. The molecule has 0 spiro atoms. The van der Waals surface area contributed by atoms with Gasteiger partial charge in [-0.15, -0.1) is 0 Å². The number of aromatic hydroxyl groups is 1. The Morgan fingerprint density at radius 2 is 1.80 bits per heavy atom. The summed E-state index contributed by atoms with van der Waals surface area (Å²) >= 11 is 3.33. The quantitative estimate of drug-likeness (QED) is 0.497. The Labute approximate surface area is 126 Å². The van der Waals surface area contributed by atoms with Gasteiger partial charge in [-0.25, -0.2) is 0 Å². The van der Waals surface area contributed by atoms with Crippen molar-refractivity contribution in [2.75, 3.05) is 5.32 Å². The lowest BCUT2D eigenvalue weighted by Crippen LogP contribution is -2.01. The number of phenols is 1. The normalized spacial score (nSPS) is 11.2. The summed E-state index contributed by atoms with van der Waals surface area (Å²) < 4.78 is 0.932. The summed E-state index contributed by atoms with van der Waals surface area (Å²) in [5.41, 5.74) is 1.86. The summed E-state index contributed by atoms with van der Waals surface area (Å²) in [7, 11) is 0. The van der Waals surface area contributed by atoms with Gasteiger partial charge in [-0.3, -0.25) is 4.79 Å². The van der Waals surface area contributed by atoms with Crippen molar-refractivity contribution in [3.05, 3.63) is 70.3 Å². The summed E-state index contributed by atoms with van der Waals surface area (Å²) in [6.45, 7) is 1.78. The number of rotatable bonds is 4. The van der Waals surface area contributed by atoms with Crippen LogP contribution in [0.4, 0.5) is 5.69 Å². The highest BCUT2D eigenvalue weighted by Crippen LogP contribution is 2.23. The summed E-state index contributed by atoms with van der Waals surface area (Å²) in [5.74, 6) is 0.0641. The SMILES string of the molecule is CC(=CC(=O)c1ccc(Br)cc1)Nc1ccccc1O. The first-order chi connectivity index (χ1) is 9.56. The fourth-order valence-electron chi connectivity index (χ4n) is 1.72. The number of nitrogens with one attached hydrogen (secondary N) is 1. The maximum Gasteiger partial charge on any atom is 0.187 e. The highest BCUT2D eigenvalue weighted by atomic mass is 79.9. The van der Waals surface area contributed by atoms with Crippen LogP contribution in [-0.2, 0) is 0 Å². The van der Waals surface area contributed by atoms with E-state index in [0.29, 0.717) is 16.9 Å². The molecule has 0 aliphatic rings. The van der Waals surface area contributed by atoms with E-state index >= 15 is 0 Å². The molecule has 0 fully saturated rings. The van der Waals surface area contributed by atoms with Crippen LogP contribution in [0.5, 0.6) is 5.75 Å². The summed E-state index contributed by atoms with van der Waals surface area (Å²) in [5, 5.41) is 12.7. The van der Waals surface area contributed by atoms with Crippen molar-refractivity contribution in [2.24, 2.45) is 0 Å². The van der Waals surface area contributed by atoms with Gasteiger partial charge in [-0.05, 0) is 43.3 Å². The highest BCUT2D eigenvalue weighted by molar-refractivity contribution is 9.10. The average molecular weight is 332 g/mol. The zero-order valence-electron chi connectivity index (χ0n) is 10.9. The number of para-hydroxylation sites is 2. The van der Waals surface area contributed by atoms with Gasteiger partial charge in [0.1, 0.15) is 5.75 Å². The van der Waals surface area contributed by atoms with Crippen molar-refractivity contribution in [2.45, 2.75) is 6.92 Å². The molecule has 102 valence electrons. The van der Waals surface area contributed by atoms with Crippen LogP contribution in [0.1, 0.15) is 17.3 Å². The molecule has 2 N–H and O–H groups in total. The zero-order valence-corrected chi connectivity index (χ0v) is 12.5. The molecule has 4 heteroatoms. The molecule has 2 rings (SSSR count). The molecule has 0 atom stereocenters. The molecule has 20 heavy (non-hydrogen) atoms. The number of ketones is 1. The number of phenolic OH excluding ortho intramolecular Hbond substituents is 1. The van der Waals surface area contributed by atoms with E-state index in [-0.39, 0.29) is 11.5 Å². The lowest BCUT2D eigenvalue weighted by Gasteiger charge is -2.08. The minimum atomic E-state index is -0.0853. The number of allylic oxidation sites excluding steroid dienone is 2. The molecule has 2 aromatic carbocycles. The molecule has 0 bridgehead atoms. The van der Waals surface area contributed by atoms with E-state index in [2.05, 4.69) is 21.2 Å². The van der Waals surface area contributed by atoms with E-state index in [0.717, 1.165) is 4.47 Å². The van der Waals surface area contributed by atoms with Crippen molar-refractivity contribution in [1.82, 2.24) is 0 Å². The zero-order chi connectivity index (χ0) is 14.5. The second-order valence-corrected chi connectivity index (χ2v) is 5.26. The molecule has 0 aromatic heterocycles. The number of hydrogen-bond donors (Lipinski definition) is 2. The van der Waals surface area contributed by atoms with Crippen molar-refractivity contribution in [3.63, 3.8) is 0 Å². The van der Waals surface area contributed by atoms with Crippen LogP contribution in [0.15, 0.2) is 64.8 Å². The Morgan fingerprint density at radius 1 is 1.15 bits per heavy atom. The summed E-state index contributed by atoms with van der Waals surface area (Å²) in [6, 6.07) is 14.1. The molecule has 0 saturated carbocycles. The predicted molar refractivity (Wildman–Crippen MR) is 84.0 cm³/mol. The van der Waals surface area contributed by atoms with Crippen LogP contribution in [0.25, 0.3) is 0 Å². The largest absolute Gasteiger partial charge is 0.506 e. The first-order valence-corrected chi connectivity index (χ1v) is 6.89. The van der Waals surface area contributed by atoms with Crippen LogP contribution in [-0.4, -0.2) is 10.9 Å². The fraction of sp³-hybridized carbons (Fsp3) is 0.0625. The van der Waals surface area contributed by atoms with E-state index in [9.17, 15) is 9.90 Å². The van der Waals surface area contributed by atoms with Gasteiger partial charge in [0.2, 0.25) is 0 Å². The Balaban J connectivity index is 2.12. The molecule has 0 aliphatic heterocycles. The summed E-state index contributed by atoms with van der Waals surface area (Å²) in [6.07, 6.45) is 1.51. The van der Waals surface area contributed by atoms with Gasteiger partial charge in [-0.2, -0.15) is 0 Å². The van der Waals surface area contributed by atoms with E-state index in [4.69, 9.17) is 0 Å². The van der Waals surface area contributed by atoms with Gasteiger partial charge in [0.05, 0.1) is 5.69 Å². The third-order valence-corrected chi connectivity index (χ3v) is 3.24. The Morgan fingerprint density at radius 3 is 2.45 bits per heavy atom. The summed E-state index contributed by atoms with van der Waals surface area (Å²) in [4.78, 5) is 12.0. The van der Waals surface area contributed by atoms with Crippen LogP contribution in [0, 0.1) is 0 Å². The third kappa shape index (κ3) is 3.71. The molecule has 0 saturated heterocycles. The van der Waals surface area contributed by atoms with Gasteiger partial charge >= 0.3 is 0 Å². The molecule has 0 amide bonds. The van der Waals surface area contributed by atoms with Gasteiger partial charge in [0.25, 0.3) is 0 Å². The molecular weight excluding hydrogens is 318 g/mol. The number of carbonyl (C=O) groups excluding carboxylic acids is 1. The fourth-order valence-corrected chi connectivity index (χ4v) is 1.99. The van der Waals surface area contributed by atoms with E-state index < -0.39 is 0 Å². The van der Waals surface area contributed by atoms with Crippen molar-refractivity contribution >= 4 is 27.4 Å². The number of anilines is 1. The number of carbonyl (C=O) groups is 1. The topological polar surface area (TPSA) is 49.3 Å². The van der Waals surface area contributed by atoms with E-state index in [1.54, 1.807) is 37.3 Å². The van der Waals surface area contributed by atoms with Crippen molar-refractivity contribution in [1.29, 1.82) is 0 Å². The third-order valence-electron chi connectivity index (χ3n) is 2.71. The van der Waals surface area contributed by atoms with Crippen LogP contribution in [0.3, 0.4) is 0 Å². The monoisotopic (exact) mass is 331 g/mol. The lowest BCUT2D eigenvalue weighted by molar-refractivity contribution is 0.104. The average Bonchev–Trinajstić information content (AvgIpc) is 2.42. The molecule has 3 nitrogen and oxygen atoms in total. The molecule has 0 unspecified atom stereocenters. The van der Waals surface area contributed by atoms with E-state index in [1.165, 1.54) is 6.08 Å². The lowest BCUT2D eigenvalue weighted by atomic mass is 10.1. The standard InChI is InChI=1S/C16H14BrNO2/c1-11(18-14-4-2-3-5-15(14)19)10-16(20)12-6-8-13(17)9-7-12/h2-10,18-19H,1H3. The minimum Gasteiger partial charge on any atom is -0.506 e. The predicted octanol–water partition coefficient (Wildman–Crippen LogP) is 4.35. The highest BCUT2D eigenvalue weighted by Gasteiger charge is 2.04. The van der Waals surface area contributed by atoms with Gasteiger partial charge in [0.15, 0.2) is 5.78 Å². The second-order valence-electron chi connectivity index (χ2n) is 4.34. The molecule has 2 aromatic rings. The number of benzene rings is 2. The maximum absolute atomic E-state index is 12.0. The Kier molecular flexibility index (Phi) is 4.58. The Hall–Kier alpha value is -2.07. The van der Waals surface area contributed by atoms with Gasteiger partial charge < -0.3 is 10.4 Å². The van der Waals surface area contributed by atoms with Crippen molar-refractivity contribution < 1.29 is 9.90 Å². The Bertz CT molecular complexity index is 648. The number of hydrogen-bond acceptors (Lipinski definition) is 3. The van der Waals surface area contributed by atoms with Gasteiger partial charge in [-0.1, -0.05) is 28.1 Å². The first-order valence-electron chi connectivity index (χ1n) is 6.09. The van der Waals surface area contributed by atoms with Crippen molar-refractivity contribution in [3.8, 4) is 5.75 Å². The van der Waals surface area contributed by atoms with Crippen LogP contribution < -0.4 is 5.32 Å². The molecule has 0 aliphatic carbocycles. The second kappa shape index (κ2) is 6.39. The first kappa shape index (κ1) is 14.3.